The molecule has 0 aliphatic heterocycles. The number of hydrogen-bond acceptors (Lipinski definition) is 7. The Labute approximate surface area is 179 Å². The number of ketones is 1. The largest absolute Gasteiger partial charge is 0.326 e. The van der Waals surface area contributed by atoms with E-state index in [1.165, 1.54) is 29.6 Å². The predicted octanol–water partition coefficient (Wildman–Crippen LogP) is 4.08. The standard InChI is InChI=1S/C20H17N5O3S2/c1-12(26)21-14-6-4-13(5-7-14)15-11-30-20-23-19(24-25(15)20)22-18(28)9-8-16(27)17-3-2-10-29-17/h2-7,10-11H,8-9H2,1H3,(H,21,26)(H,22,24,28). The summed E-state index contributed by atoms with van der Waals surface area (Å²) in [5.74, 6) is -0.288. The number of hydrogen-bond donors (Lipinski definition) is 2. The Morgan fingerprint density at radius 2 is 1.83 bits per heavy atom. The van der Waals surface area contributed by atoms with Crippen LogP contribution in [-0.4, -0.2) is 32.2 Å². The van der Waals surface area contributed by atoms with E-state index in [0.29, 0.717) is 15.5 Å². The molecule has 0 aliphatic rings. The zero-order chi connectivity index (χ0) is 21.1. The molecule has 2 amide bonds. The number of Topliss-reactive ketones (excluding diaryl/α,β-unsaturated/α-hetero) is 1. The van der Waals surface area contributed by atoms with Gasteiger partial charge in [-0.05, 0) is 23.6 Å². The number of anilines is 2. The molecule has 1 aromatic carbocycles. The molecule has 0 radical (unpaired) electrons. The highest BCUT2D eigenvalue weighted by Crippen LogP contribution is 2.27. The molecular formula is C20H17N5O3S2. The summed E-state index contributed by atoms with van der Waals surface area (Å²) >= 11 is 2.77. The molecule has 2 N–H and O–H groups in total. The van der Waals surface area contributed by atoms with Gasteiger partial charge in [0, 0.05) is 36.4 Å². The number of rotatable bonds is 7. The van der Waals surface area contributed by atoms with E-state index in [1.54, 1.807) is 10.6 Å². The second kappa shape index (κ2) is 8.56. The summed E-state index contributed by atoms with van der Waals surface area (Å²) in [5, 5.41) is 13.5. The van der Waals surface area contributed by atoms with Gasteiger partial charge in [-0.1, -0.05) is 18.2 Å². The minimum atomic E-state index is -0.306. The van der Waals surface area contributed by atoms with Crippen molar-refractivity contribution in [3.8, 4) is 11.3 Å². The molecule has 10 heteroatoms. The van der Waals surface area contributed by atoms with E-state index in [1.807, 2.05) is 41.1 Å². The number of nitrogens with zero attached hydrogens (tertiary/aromatic N) is 3. The molecule has 0 spiro atoms. The molecule has 0 fully saturated rings. The number of aromatic nitrogens is 3. The molecule has 4 rings (SSSR count). The Balaban J connectivity index is 1.43. The predicted molar refractivity (Wildman–Crippen MR) is 117 cm³/mol. The topological polar surface area (TPSA) is 105 Å². The fourth-order valence-electron chi connectivity index (χ4n) is 2.83. The average molecular weight is 440 g/mol. The fraction of sp³-hybridized carbons (Fsp3) is 0.150. The van der Waals surface area contributed by atoms with Gasteiger partial charge in [0.05, 0.1) is 10.6 Å². The smallest absolute Gasteiger partial charge is 0.250 e. The van der Waals surface area contributed by atoms with Gasteiger partial charge < -0.3 is 5.32 Å². The van der Waals surface area contributed by atoms with Crippen LogP contribution in [0.2, 0.25) is 0 Å². The van der Waals surface area contributed by atoms with E-state index in [9.17, 15) is 14.4 Å². The quantitative estimate of drug-likeness (QED) is 0.422. The van der Waals surface area contributed by atoms with E-state index in [-0.39, 0.29) is 36.4 Å². The monoisotopic (exact) mass is 439 g/mol. The molecule has 4 aromatic rings. The summed E-state index contributed by atoms with van der Waals surface area (Å²) in [6, 6.07) is 10.9. The molecule has 0 saturated carbocycles. The number of fused-ring (bicyclic) bond motifs is 1. The molecule has 3 aromatic heterocycles. The van der Waals surface area contributed by atoms with Crippen LogP contribution in [0.15, 0.2) is 47.2 Å². The maximum Gasteiger partial charge on any atom is 0.250 e. The number of carbonyl (C=O) groups is 3. The number of carbonyl (C=O) groups excluding carboxylic acids is 3. The second-order valence-corrected chi connectivity index (χ2v) is 8.24. The summed E-state index contributed by atoms with van der Waals surface area (Å²) < 4.78 is 1.66. The van der Waals surface area contributed by atoms with Crippen LogP contribution in [0.4, 0.5) is 11.6 Å². The SMILES string of the molecule is CC(=O)Nc1ccc(-c2csc3nc(NC(=O)CCC(=O)c4cccs4)nn23)cc1. The van der Waals surface area contributed by atoms with Gasteiger partial charge in [0.15, 0.2) is 5.78 Å². The van der Waals surface area contributed by atoms with Gasteiger partial charge in [-0.15, -0.1) is 27.8 Å². The normalized spacial score (nSPS) is 10.8. The molecule has 0 bridgehead atoms. The highest BCUT2D eigenvalue weighted by atomic mass is 32.1. The Morgan fingerprint density at radius 1 is 1.03 bits per heavy atom. The minimum absolute atomic E-state index is 0.0519. The Kier molecular flexibility index (Phi) is 5.68. The van der Waals surface area contributed by atoms with E-state index >= 15 is 0 Å². The third-order valence-corrected chi connectivity index (χ3v) is 5.94. The lowest BCUT2D eigenvalue weighted by Gasteiger charge is -2.03. The summed E-state index contributed by atoms with van der Waals surface area (Å²) in [6.07, 6.45) is 0.210. The third-order valence-electron chi connectivity index (χ3n) is 4.21. The van der Waals surface area contributed by atoms with E-state index in [2.05, 4.69) is 20.7 Å². The molecule has 0 saturated heterocycles. The van der Waals surface area contributed by atoms with Crippen molar-refractivity contribution in [2.24, 2.45) is 0 Å². The van der Waals surface area contributed by atoms with Crippen molar-refractivity contribution in [1.29, 1.82) is 0 Å². The van der Waals surface area contributed by atoms with E-state index in [4.69, 9.17) is 0 Å². The van der Waals surface area contributed by atoms with Gasteiger partial charge in [-0.25, -0.2) is 4.52 Å². The Morgan fingerprint density at radius 3 is 2.53 bits per heavy atom. The second-order valence-electron chi connectivity index (χ2n) is 6.46. The van der Waals surface area contributed by atoms with Crippen LogP contribution >= 0.6 is 22.7 Å². The van der Waals surface area contributed by atoms with Crippen molar-refractivity contribution in [3.63, 3.8) is 0 Å². The average Bonchev–Trinajstić information content (AvgIpc) is 3.44. The molecule has 152 valence electrons. The lowest BCUT2D eigenvalue weighted by atomic mass is 10.1. The maximum atomic E-state index is 12.2. The van der Waals surface area contributed by atoms with Crippen molar-refractivity contribution < 1.29 is 14.4 Å². The Bertz CT molecular complexity index is 1210. The van der Waals surface area contributed by atoms with Gasteiger partial charge in [0.25, 0.3) is 0 Å². The van der Waals surface area contributed by atoms with Gasteiger partial charge >= 0.3 is 0 Å². The summed E-state index contributed by atoms with van der Waals surface area (Å²) in [7, 11) is 0. The van der Waals surface area contributed by atoms with Crippen LogP contribution in [0, 0.1) is 0 Å². The van der Waals surface area contributed by atoms with Crippen LogP contribution in [-0.2, 0) is 9.59 Å². The van der Waals surface area contributed by atoms with E-state index < -0.39 is 0 Å². The van der Waals surface area contributed by atoms with Gasteiger partial charge in [-0.3, -0.25) is 19.7 Å². The van der Waals surface area contributed by atoms with Crippen LogP contribution in [0.25, 0.3) is 16.2 Å². The maximum absolute atomic E-state index is 12.2. The Hall–Kier alpha value is -3.37. The highest BCUT2D eigenvalue weighted by Gasteiger charge is 2.15. The zero-order valence-electron chi connectivity index (χ0n) is 15.9. The van der Waals surface area contributed by atoms with Gasteiger partial charge in [0.2, 0.25) is 22.7 Å². The number of nitrogens with one attached hydrogen (secondary N) is 2. The summed E-state index contributed by atoms with van der Waals surface area (Å²) in [4.78, 5) is 41.0. The van der Waals surface area contributed by atoms with Crippen LogP contribution in [0.3, 0.4) is 0 Å². The first-order valence-corrected chi connectivity index (χ1v) is 10.8. The van der Waals surface area contributed by atoms with Gasteiger partial charge in [-0.2, -0.15) is 4.98 Å². The number of benzene rings is 1. The van der Waals surface area contributed by atoms with Crippen molar-refractivity contribution in [1.82, 2.24) is 14.6 Å². The van der Waals surface area contributed by atoms with Crippen LogP contribution in [0.1, 0.15) is 29.4 Å². The summed E-state index contributed by atoms with van der Waals surface area (Å²) in [6.45, 7) is 1.46. The fourth-order valence-corrected chi connectivity index (χ4v) is 4.36. The molecule has 0 aliphatic carbocycles. The first kappa shape index (κ1) is 19.9. The van der Waals surface area contributed by atoms with Crippen molar-refractivity contribution >= 4 is 56.9 Å². The third kappa shape index (κ3) is 4.44. The zero-order valence-corrected chi connectivity index (χ0v) is 17.5. The first-order valence-electron chi connectivity index (χ1n) is 9.08. The number of thiazole rings is 1. The number of thiophene rings is 1. The van der Waals surface area contributed by atoms with Crippen molar-refractivity contribution in [2.45, 2.75) is 19.8 Å². The molecule has 3 heterocycles. The molecule has 8 nitrogen and oxygen atoms in total. The first-order chi connectivity index (χ1) is 14.5. The lowest BCUT2D eigenvalue weighted by Crippen LogP contribution is -2.14. The number of amides is 2. The molecule has 0 unspecified atom stereocenters. The molecule has 0 atom stereocenters. The van der Waals surface area contributed by atoms with Crippen molar-refractivity contribution in [2.75, 3.05) is 10.6 Å². The van der Waals surface area contributed by atoms with Crippen molar-refractivity contribution in [3.05, 3.63) is 52.0 Å². The minimum Gasteiger partial charge on any atom is -0.326 e. The highest BCUT2D eigenvalue weighted by molar-refractivity contribution is 7.15. The van der Waals surface area contributed by atoms with Crippen LogP contribution < -0.4 is 10.6 Å². The lowest BCUT2D eigenvalue weighted by molar-refractivity contribution is -0.116. The van der Waals surface area contributed by atoms with Crippen LogP contribution in [0.5, 0.6) is 0 Å². The molecular weight excluding hydrogens is 422 g/mol. The van der Waals surface area contributed by atoms with E-state index in [0.717, 1.165) is 11.3 Å². The molecule has 30 heavy (non-hydrogen) atoms. The summed E-state index contributed by atoms with van der Waals surface area (Å²) in [5.41, 5.74) is 2.44. The van der Waals surface area contributed by atoms with Gasteiger partial charge in [0.1, 0.15) is 0 Å².